The lowest BCUT2D eigenvalue weighted by molar-refractivity contribution is -0.130. The summed E-state index contributed by atoms with van der Waals surface area (Å²) in [6.07, 6.45) is 2.04. The summed E-state index contributed by atoms with van der Waals surface area (Å²) in [5, 5.41) is 0. The molecule has 1 aromatic rings. The maximum absolute atomic E-state index is 12.1. The molecule has 98 valence electrons. The van der Waals surface area contributed by atoms with Gasteiger partial charge in [-0.2, -0.15) is 0 Å². The normalized spacial score (nSPS) is 17.6. The van der Waals surface area contributed by atoms with E-state index in [1.807, 2.05) is 0 Å². The number of benzene rings is 1. The van der Waals surface area contributed by atoms with E-state index in [4.69, 9.17) is 0 Å². The van der Waals surface area contributed by atoms with Crippen LogP contribution in [0.25, 0.3) is 0 Å². The summed E-state index contributed by atoms with van der Waals surface area (Å²) in [7, 11) is 1.74. The third-order valence-corrected chi connectivity index (χ3v) is 3.66. The summed E-state index contributed by atoms with van der Waals surface area (Å²) in [4.78, 5) is 38.7. The van der Waals surface area contributed by atoms with E-state index in [2.05, 4.69) is 0 Å². The van der Waals surface area contributed by atoms with Crippen LogP contribution in [0, 0.1) is 0 Å². The van der Waals surface area contributed by atoms with Gasteiger partial charge in [0, 0.05) is 13.1 Å². The number of Topliss-reactive ketones (excluding diaryl/α,β-unsaturated/α-hetero) is 1. The smallest absolute Gasteiger partial charge is 0.299 e. The Kier molecular flexibility index (Phi) is 2.62. The average molecular weight is 258 g/mol. The van der Waals surface area contributed by atoms with Crippen LogP contribution in [0.4, 0.5) is 5.69 Å². The number of rotatable bonds is 3. The largest absolute Gasteiger partial charge is 0.341 e. The Balaban J connectivity index is 1.83. The molecule has 0 bridgehead atoms. The third kappa shape index (κ3) is 1.91. The SMILES string of the molecule is CN(C(=O)CN1C(=O)C(=O)c2ccccc21)C1CC1. The van der Waals surface area contributed by atoms with Crippen molar-refractivity contribution in [3.63, 3.8) is 0 Å². The molecule has 2 aliphatic rings. The average Bonchev–Trinajstić information content (AvgIpc) is 3.23. The minimum atomic E-state index is -0.612. The Morgan fingerprint density at radius 1 is 1.32 bits per heavy atom. The van der Waals surface area contributed by atoms with Gasteiger partial charge in [-0.3, -0.25) is 19.3 Å². The van der Waals surface area contributed by atoms with Crippen LogP contribution in [0.15, 0.2) is 24.3 Å². The number of likely N-dealkylation sites (N-methyl/N-ethyl adjacent to an activating group) is 1. The number of carbonyl (C=O) groups is 3. The predicted molar refractivity (Wildman–Crippen MR) is 68.9 cm³/mol. The quantitative estimate of drug-likeness (QED) is 0.755. The molecule has 0 spiro atoms. The van der Waals surface area contributed by atoms with Gasteiger partial charge in [-0.25, -0.2) is 0 Å². The highest BCUT2D eigenvalue weighted by atomic mass is 16.2. The van der Waals surface area contributed by atoms with Crippen molar-refractivity contribution in [3.05, 3.63) is 29.8 Å². The van der Waals surface area contributed by atoms with Crippen molar-refractivity contribution in [2.75, 3.05) is 18.5 Å². The van der Waals surface area contributed by atoms with Gasteiger partial charge in [0.15, 0.2) is 0 Å². The number of anilines is 1. The zero-order valence-corrected chi connectivity index (χ0v) is 10.6. The molecule has 0 atom stereocenters. The fourth-order valence-electron chi connectivity index (χ4n) is 2.32. The molecule has 1 aliphatic heterocycles. The maximum atomic E-state index is 12.1. The van der Waals surface area contributed by atoms with E-state index in [0.717, 1.165) is 12.8 Å². The molecule has 5 heteroatoms. The van der Waals surface area contributed by atoms with Crippen LogP contribution in [0.3, 0.4) is 0 Å². The lowest BCUT2D eigenvalue weighted by Crippen LogP contribution is -2.41. The Morgan fingerprint density at radius 3 is 2.68 bits per heavy atom. The Bertz CT molecular complexity index is 578. The first-order valence-electron chi connectivity index (χ1n) is 6.30. The van der Waals surface area contributed by atoms with E-state index in [-0.39, 0.29) is 12.5 Å². The highest BCUT2D eigenvalue weighted by molar-refractivity contribution is 6.52. The molecule has 0 N–H and O–H groups in total. The Hall–Kier alpha value is -2.17. The predicted octanol–water partition coefficient (Wildman–Crippen LogP) is 0.837. The van der Waals surface area contributed by atoms with Crippen LogP contribution < -0.4 is 4.90 Å². The zero-order valence-electron chi connectivity index (χ0n) is 10.6. The first kappa shape index (κ1) is 11.9. The summed E-state index contributed by atoms with van der Waals surface area (Å²) >= 11 is 0. The minimum absolute atomic E-state index is 0.0609. The zero-order chi connectivity index (χ0) is 13.6. The molecule has 2 amide bonds. The molecular weight excluding hydrogens is 244 g/mol. The van der Waals surface area contributed by atoms with Crippen molar-refractivity contribution < 1.29 is 14.4 Å². The molecule has 1 aliphatic carbocycles. The summed E-state index contributed by atoms with van der Waals surface area (Å²) < 4.78 is 0. The van der Waals surface area contributed by atoms with Crippen molar-refractivity contribution in [1.29, 1.82) is 0 Å². The van der Waals surface area contributed by atoms with Crippen molar-refractivity contribution >= 4 is 23.3 Å². The van der Waals surface area contributed by atoms with E-state index in [1.165, 1.54) is 4.90 Å². The standard InChI is InChI=1S/C14H14N2O3/c1-15(9-6-7-9)12(17)8-16-11-5-3-2-4-10(11)13(18)14(16)19/h2-5,9H,6-8H2,1H3. The molecule has 3 rings (SSSR count). The fraction of sp³-hybridized carbons (Fsp3) is 0.357. The van der Waals surface area contributed by atoms with Gasteiger partial charge in [-0.05, 0) is 25.0 Å². The van der Waals surface area contributed by atoms with Gasteiger partial charge in [-0.1, -0.05) is 12.1 Å². The minimum Gasteiger partial charge on any atom is -0.341 e. The number of nitrogens with zero attached hydrogens (tertiary/aromatic N) is 2. The molecule has 1 heterocycles. The number of hydrogen-bond acceptors (Lipinski definition) is 3. The second kappa shape index (κ2) is 4.19. The van der Waals surface area contributed by atoms with Gasteiger partial charge >= 0.3 is 0 Å². The van der Waals surface area contributed by atoms with E-state index < -0.39 is 11.7 Å². The summed E-state index contributed by atoms with van der Waals surface area (Å²) in [6.45, 7) is -0.0609. The highest BCUT2D eigenvalue weighted by Gasteiger charge is 2.38. The molecule has 19 heavy (non-hydrogen) atoms. The molecule has 1 fully saturated rings. The Labute approximate surface area is 110 Å². The molecule has 5 nitrogen and oxygen atoms in total. The molecule has 0 saturated heterocycles. The number of ketones is 1. The van der Waals surface area contributed by atoms with E-state index in [9.17, 15) is 14.4 Å². The second-order valence-electron chi connectivity index (χ2n) is 4.97. The second-order valence-corrected chi connectivity index (χ2v) is 4.97. The van der Waals surface area contributed by atoms with E-state index in [1.54, 1.807) is 36.2 Å². The number of amides is 2. The van der Waals surface area contributed by atoms with Crippen molar-refractivity contribution in [3.8, 4) is 0 Å². The van der Waals surface area contributed by atoms with Gasteiger partial charge in [0.2, 0.25) is 5.91 Å². The molecule has 1 aromatic carbocycles. The Morgan fingerprint density at radius 2 is 2.00 bits per heavy atom. The molecule has 1 saturated carbocycles. The first-order chi connectivity index (χ1) is 9.09. The van der Waals surface area contributed by atoms with Crippen molar-refractivity contribution in [2.24, 2.45) is 0 Å². The van der Waals surface area contributed by atoms with Crippen LogP contribution in [-0.4, -0.2) is 42.1 Å². The molecular formula is C14H14N2O3. The van der Waals surface area contributed by atoms with Crippen LogP contribution in [-0.2, 0) is 9.59 Å². The fourth-order valence-corrected chi connectivity index (χ4v) is 2.32. The molecule has 0 radical (unpaired) electrons. The van der Waals surface area contributed by atoms with Crippen molar-refractivity contribution in [2.45, 2.75) is 18.9 Å². The summed E-state index contributed by atoms with van der Waals surface area (Å²) in [6, 6.07) is 7.09. The summed E-state index contributed by atoms with van der Waals surface area (Å²) in [5.74, 6) is -1.27. The number of para-hydroxylation sites is 1. The van der Waals surface area contributed by atoms with Crippen LogP contribution in [0.5, 0.6) is 0 Å². The van der Waals surface area contributed by atoms with Gasteiger partial charge in [0.05, 0.1) is 11.3 Å². The van der Waals surface area contributed by atoms with Gasteiger partial charge in [0.1, 0.15) is 6.54 Å². The number of hydrogen-bond donors (Lipinski definition) is 0. The topological polar surface area (TPSA) is 57.7 Å². The maximum Gasteiger partial charge on any atom is 0.299 e. The van der Waals surface area contributed by atoms with Crippen LogP contribution in [0.2, 0.25) is 0 Å². The number of carbonyl (C=O) groups excluding carboxylic acids is 3. The first-order valence-corrected chi connectivity index (χ1v) is 6.30. The van der Waals surface area contributed by atoms with Gasteiger partial charge in [0.25, 0.3) is 11.7 Å². The third-order valence-electron chi connectivity index (χ3n) is 3.66. The summed E-state index contributed by atoms with van der Waals surface area (Å²) in [5.41, 5.74) is 0.921. The van der Waals surface area contributed by atoms with Crippen LogP contribution >= 0.6 is 0 Å². The van der Waals surface area contributed by atoms with Crippen LogP contribution in [0.1, 0.15) is 23.2 Å². The number of fused-ring (bicyclic) bond motifs is 1. The van der Waals surface area contributed by atoms with Crippen molar-refractivity contribution in [1.82, 2.24) is 4.90 Å². The van der Waals surface area contributed by atoms with E-state index in [0.29, 0.717) is 17.3 Å². The molecule has 0 unspecified atom stereocenters. The monoisotopic (exact) mass is 258 g/mol. The van der Waals surface area contributed by atoms with Gasteiger partial charge < -0.3 is 4.90 Å². The molecule has 0 aromatic heterocycles. The lowest BCUT2D eigenvalue weighted by Gasteiger charge is -2.21. The lowest BCUT2D eigenvalue weighted by atomic mass is 10.1. The van der Waals surface area contributed by atoms with Gasteiger partial charge in [-0.15, -0.1) is 0 Å². The van der Waals surface area contributed by atoms with E-state index >= 15 is 0 Å². The highest BCUT2D eigenvalue weighted by Crippen LogP contribution is 2.29.